The minimum absolute atomic E-state index is 0.0500. The number of nitrogens with zero attached hydrogens (tertiary/aromatic N) is 2. The first-order valence-electron chi connectivity index (χ1n) is 9.14. The Kier molecular flexibility index (Phi) is 5.61. The van der Waals surface area contributed by atoms with Crippen molar-refractivity contribution in [1.29, 1.82) is 0 Å². The summed E-state index contributed by atoms with van der Waals surface area (Å²) in [7, 11) is 0. The number of hydrogen-bond acceptors (Lipinski definition) is 5. The van der Waals surface area contributed by atoms with E-state index < -0.39 is 17.6 Å². The smallest absolute Gasteiger partial charge is 0.340 e. The minimum atomic E-state index is -0.509. The highest BCUT2D eigenvalue weighted by molar-refractivity contribution is 6.30. The number of aromatic nitrogens is 4. The van der Waals surface area contributed by atoms with Gasteiger partial charge in [-0.05, 0) is 29.8 Å². The van der Waals surface area contributed by atoms with Gasteiger partial charge >= 0.3 is 5.69 Å². The van der Waals surface area contributed by atoms with Gasteiger partial charge in [0, 0.05) is 31.7 Å². The molecule has 1 fully saturated rings. The molecule has 1 aliphatic heterocycles. The van der Waals surface area contributed by atoms with E-state index >= 15 is 0 Å². The van der Waals surface area contributed by atoms with Crippen LogP contribution < -0.4 is 16.6 Å². The fourth-order valence-corrected chi connectivity index (χ4v) is 3.64. The average molecular weight is 420 g/mol. The first kappa shape index (κ1) is 19.6. The molecule has 0 amide bonds. The van der Waals surface area contributed by atoms with E-state index in [-0.39, 0.29) is 27.9 Å². The molecule has 0 radical (unpaired) electrons. The second-order valence-electron chi connectivity index (χ2n) is 6.83. The summed E-state index contributed by atoms with van der Waals surface area (Å²) in [5, 5.41) is 9.43. The summed E-state index contributed by atoms with van der Waals surface area (Å²) >= 11 is 5.81. The maximum Gasteiger partial charge on any atom is 0.340 e. The van der Waals surface area contributed by atoms with Gasteiger partial charge in [-0.3, -0.25) is 9.78 Å². The molecule has 1 aliphatic rings. The van der Waals surface area contributed by atoms with Gasteiger partial charge in [-0.15, -0.1) is 0 Å². The Morgan fingerprint density at radius 2 is 2.17 bits per heavy atom. The lowest BCUT2D eigenvalue weighted by Gasteiger charge is -2.26. The summed E-state index contributed by atoms with van der Waals surface area (Å²) in [6.45, 7) is 2.05. The molecule has 2 aromatic heterocycles. The number of aromatic amines is 2. The summed E-state index contributed by atoms with van der Waals surface area (Å²) in [4.78, 5) is 26.7. The van der Waals surface area contributed by atoms with Gasteiger partial charge in [-0.2, -0.15) is 5.10 Å². The molecule has 4 rings (SSSR count). The van der Waals surface area contributed by atoms with Crippen molar-refractivity contribution >= 4 is 11.6 Å². The summed E-state index contributed by atoms with van der Waals surface area (Å²) in [5.41, 5.74) is 0.172. The molecule has 1 aromatic carbocycles. The number of nitrogens with one attached hydrogen (secondary N) is 3. The Hall–Kier alpha value is -2.75. The number of rotatable bonds is 4. The normalized spacial score (nSPS) is 19.8. The van der Waals surface area contributed by atoms with E-state index in [0.29, 0.717) is 31.8 Å². The highest BCUT2D eigenvalue weighted by atomic mass is 35.5. The number of ether oxygens (including phenoxy) is 1. The Bertz CT molecular complexity index is 1130. The molecule has 29 heavy (non-hydrogen) atoms. The predicted octanol–water partition coefficient (Wildman–Crippen LogP) is 1.70. The molecule has 10 heteroatoms. The van der Waals surface area contributed by atoms with Crippen LogP contribution in [0, 0.1) is 11.7 Å². The van der Waals surface area contributed by atoms with Crippen LogP contribution in [0.25, 0.3) is 11.4 Å². The van der Waals surface area contributed by atoms with Gasteiger partial charge in [0.1, 0.15) is 5.82 Å². The summed E-state index contributed by atoms with van der Waals surface area (Å²) in [6.07, 6.45) is 1.26. The lowest BCUT2D eigenvalue weighted by Crippen LogP contribution is -2.32. The molecule has 0 unspecified atom stereocenters. The van der Waals surface area contributed by atoms with Crippen LogP contribution in [0.4, 0.5) is 4.39 Å². The molecule has 0 spiro atoms. The van der Waals surface area contributed by atoms with Gasteiger partial charge in [0.2, 0.25) is 0 Å². The third kappa shape index (κ3) is 4.16. The topological polar surface area (TPSA) is 105 Å². The monoisotopic (exact) mass is 419 g/mol. The van der Waals surface area contributed by atoms with Crippen LogP contribution in [0.2, 0.25) is 5.02 Å². The molecule has 3 N–H and O–H groups in total. The molecule has 0 bridgehead atoms. The van der Waals surface area contributed by atoms with Gasteiger partial charge < -0.3 is 14.6 Å². The van der Waals surface area contributed by atoms with E-state index in [9.17, 15) is 14.0 Å². The molecular formula is C19H19ClFN5O3. The van der Waals surface area contributed by atoms with E-state index in [1.807, 2.05) is 0 Å². The van der Waals surface area contributed by atoms with Gasteiger partial charge in [0.25, 0.3) is 5.56 Å². The number of H-pyrrole nitrogens is 2. The maximum atomic E-state index is 14.0. The van der Waals surface area contributed by atoms with Gasteiger partial charge in [-0.25, -0.2) is 14.3 Å². The average Bonchev–Trinajstić information content (AvgIpc) is 3.00. The van der Waals surface area contributed by atoms with Crippen molar-refractivity contribution in [3.8, 4) is 11.4 Å². The fraction of sp³-hybridized carbons (Fsp3) is 0.316. The summed E-state index contributed by atoms with van der Waals surface area (Å²) in [5.74, 6) is -0.462. The number of hydrogen-bond donors (Lipinski definition) is 3. The van der Waals surface area contributed by atoms with E-state index in [1.54, 1.807) is 29.0 Å². The van der Waals surface area contributed by atoms with Gasteiger partial charge in [0.15, 0.2) is 5.82 Å². The quantitative estimate of drug-likeness (QED) is 0.597. The van der Waals surface area contributed by atoms with Crippen molar-refractivity contribution in [3.63, 3.8) is 0 Å². The van der Waals surface area contributed by atoms with Crippen molar-refractivity contribution < 1.29 is 9.13 Å². The summed E-state index contributed by atoms with van der Waals surface area (Å²) in [6, 6.07) is 7.93. The molecule has 3 heterocycles. The Labute approximate surface area is 169 Å². The van der Waals surface area contributed by atoms with Crippen LogP contribution in [0.15, 0.2) is 46.1 Å². The first-order valence-corrected chi connectivity index (χ1v) is 9.52. The van der Waals surface area contributed by atoms with Crippen molar-refractivity contribution in [2.45, 2.75) is 12.6 Å². The molecule has 2 atom stereocenters. The molecule has 8 nitrogen and oxygen atoms in total. The fourth-order valence-electron chi connectivity index (χ4n) is 3.52. The van der Waals surface area contributed by atoms with E-state index in [2.05, 4.69) is 20.5 Å². The first-order chi connectivity index (χ1) is 14.0. The van der Waals surface area contributed by atoms with Crippen molar-refractivity contribution in [3.05, 3.63) is 73.8 Å². The predicted molar refractivity (Wildman–Crippen MR) is 105 cm³/mol. The number of pyridine rings is 1. The highest BCUT2D eigenvalue weighted by Gasteiger charge is 2.28. The third-order valence-corrected chi connectivity index (χ3v) is 5.20. The van der Waals surface area contributed by atoms with Crippen LogP contribution in [0.5, 0.6) is 0 Å². The Morgan fingerprint density at radius 3 is 2.93 bits per heavy atom. The summed E-state index contributed by atoms with van der Waals surface area (Å²) < 4.78 is 21.5. The lowest BCUT2D eigenvalue weighted by molar-refractivity contribution is 0.0249. The van der Waals surface area contributed by atoms with E-state index in [4.69, 9.17) is 16.3 Å². The largest absolute Gasteiger partial charge is 0.372 e. The zero-order valence-electron chi connectivity index (χ0n) is 15.3. The van der Waals surface area contributed by atoms with Gasteiger partial charge in [-0.1, -0.05) is 17.7 Å². The number of benzene rings is 1. The third-order valence-electron chi connectivity index (χ3n) is 4.89. The standard InChI is InChI=1S/C19H19ClFN5O3/c20-14-4-3-11(8-15(14)21)16-12(9-22-5-7-29-16)10-26-6-1-2-13(18(26)27)17-23-19(28)25-24-17/h1-4,6,8,12,16,22H,5,7,9-10H2,(H2,23,24,25,28)/t12-,16-/m0/s1. The van der Waals surface area contributed by atoms with E-state index in [1.165, 1.54) is 12.1 Å². The zero-order valence-corrected chi connectivity index (χ0v) is 16.1. The van der Waals surface area contributed by atoms with Crippen LogP contribution >= 0.6 is 11.6 Å². The molecular weight excluding hydrogens is 401 g/mol. The SMILES string of the molecule is O=c1[nH]nc(-c2cccn(C[C@@H]3CNCCO[C@H]3c3ccc(Cl)c(F)c3)c2=O)[nH]1. The van der Waals surface area contributed by atoms with Crippen LogP contribution in [-0.2, 0) is 11.3 Å². The van der Waals surface area contributed by atoms with E-state index in [0.717, 1.165) is 0 Å². The molecule has 1 saturated heterocycles. The molecule has 3 aromatic rings. The maximum absolute atomic E-state index is 14.0. The number of halogens is 2. The lowest BCUT2D eigenvalue weighted by atomic mass is 9.95. The van der Waals surface area contributed by atoms with Crippen molar-refractivity contribution in [2.24, 2.45) is 5.92 Å². The van der Waals surface area contributed by atoms with Crippen molar-refractivity contribution in [2.75, 3.05) is 19.7 Å². The Balaban J connectivity index is 1.66. The minimum Gasteiger partial charge on any atom is -0.372 e. The molecule has 152 valence electrons. The molecule has 0 aliphatic carbocycles. The van der Waals surface area contributed by atoms with Crippen LogP contribution in [0.3, 0.4) is 0 Å². The zero-order chi connectivity index (χ0) is 20.4. The van der Waals surface area contributed by atoms with Crippen LogP contribution in [-0.4, -0.2) is 39.4 Å². The van der Waals surface area contributed by atoms with Crippen molar-refractivity contribution in [1.82, 2.24) is 25.1 Å². The highest BCUT2D eigenvalue weighted by Crippen LogP contribution is 2.30. The van der Waals surface area contributed by atoms with Gasteiger partial charge in [0.05, 0.1) is 23.3 Å². The molecule has 0 saturated carbocycles. The van der Waals surface area contributed by atoms with Crippen LogP contribution in [0.1, 0.15) is 11.7 Å². The second kappa shape index (κ2) is 8.32. The second-order valence-corrected chi connectivity index (χ2v) is 7.24. The Morgan fingerprint density at radius 1 is 1.31 bits per heavy atom.